The number of rotatable bonds is 4. The fraction of sp³-hybridized carbons (Fsp3) is 0.429. The fourth-order valence-corrected chi connectivity index (χ4v) is 2.30. The van der Waals surface area contributed by atoms with Gasteiger partial charge in [-0.3, -0.25) is 0 Å². The average molecular weight is 202 g/mol. The van der Waals surface area contributed by atoms with E-state index in [9.17, 15) is 0 Å². The molecule has 1 heteroatoms. The zero-order valence-electron chi connectivity index (χ0n) is 9.24. The first-order valence-electron chi connectivity index (χ1n) is 5.71. The SMILES string of the molecule is Cc1cccc2c1C=CC2CCCCO. The Morgan fingerprint density at radius 2 is 2.13 bits per heavy atom. The van der Waals surface area contributed by atoms with Crippen LogP contribution in [0.1, 0.15) is 41.9 Å². The summed E-state index contributed by atoms with van der Waals surface area (Å²) < 4.78 is 0. The average Bonchev–Trinajstić information content (AvgIpc) is 2.64. The lowest BCUT2D eigenvalue weighted by molar-refractivity contribution is 0.282. The number of aryl methyl sites for hydroxylation is 1. The van der Waals surface area contributed by atoms with Gasteiger partial charge in [-0.15, -0.1) is 0 Å². The van der Waals surface area contributed by atoms with Crippen molar-refractivity contribution >= 4 is 6.08 Å². The predicted molar refractivity (Wildman–Crippen MR) is 63.9 cm³/mol. The van der Waals surface area contributed by atoms with Crippen LogP contribution in [0.2, 0.25) is 0 Å². The van der Waals surface area contributed by atoms with Crippen molar-refractivity contribution in [1.29, 1.82) is 0 Å². The van der Waals surface area contributed by atoms with E-state index in [2.05, 4.69) is 37.3 Å². The van der Waals surface area contributed by atoms with Crippen LogP contribution in [0.25, 0.3) is 6.08 Å². The van der Waals surface area contributed by atoms with E-state index in [-0.39, 0.29) is 0 Å². The highest BCUT2D eigenvalue weighted by molar-refractivity contribution is 5.65. The van der Waals surface area contributed by atoms with Gasteiger partial charge in [-0.05, 0) is 36.5 Å². The Balaban J connectivity index is 2.08. The van der Waals surface area contributed by atoms with Gasteiger partial charge in [0.25, 0.3) is 0 Å². The van der Waals surface area contributed by atoms with Crippen molar-refractivity contribution < 1.29 is 5.11 Å². The monoisotopic (exact) mass is 202 g/mol. The van der Waals surface area contributed by atoms with Gasteiger partial charge in [0, 0.05) is 12.5 Å². The van der Waals surface area contributed by atoms with Gasteiger partial charge in [-0.1, -0.05) is 36.8 Å². The van der Waals surface area contributed by atoms with Crippen molar-refractivity contribution in [3.05, 3.63) is 41.0 Å². The minimum Gasteiger partial charge on any atom is -0.396 e. The van der Waals surface area contributed by atoms with Crippen molar-refractivity contribution in [2.75, 3.05) is 6.61 Å². The highest BCUT2D eigenvalue weighted by atomic mass is 16.2. The molecular formula is C14H18O. The van der Waals surface area contributed by atoms with E-state index in [4.69, 9.17) is 5.11 Å². The largest absolute Gasteiger partial charge is 0.396 e. The summed E-state index contributed by atoms with van der Waals surface area (Å²) >= 11 is 0. The van der Waals surface area contributed by atoms with Gasteiger partial charge in [-0.25, -0.2) is 0 Å². The Morgan fingerprint density at radius 3 is 2.93 bits per heavy atom. The van der Waals surface area contributed by atoms with Crippen LogP contribution in [0.4, 0.5) is 0 Å². The molecule has 0 bridgehead atoms. The maximum atomic E-state index is 8.76. The molecule has 0 spiro atoms. The van der Waals surface area contributed by atoms with Crippen LogP contribution in [0.5, 0.6) is 0 Å². The highest BCUT2D eigenvalue weighted by Crippen LogP contribution is 2.35. The summed E-state index contributed by atoms with van der Waals surface area (Å²) in [6.07, 6.45) is 7.74. The molecule has 1 atom stereocenters. The Kier molecular flexibility index (Phi) is 3.22. The standard InChI is InChI=1S/C14H18O/c1-11-5-4-7-14-12(6-2-3-10-15)8-9-13(11)14/h4-5,7-9,12,15H,2-3,6,10H2,1H3. The third-order valence-electron chi connectivity index (χ3n) is 3.18. The van der Waals surface area contributed by atoms with Gasteiger partial charge in [0.05, 0.1) is 0 Å². The lowest BCUT2D eigenvalue weighted by atomic mass is 9.94. The first-order valence-corrected chi connectivity index (χ1v) is 5.71. The molecule has 0 aromatic heterocycles. The van der Waals surface area contributed by atoms with E-state index in [1.807, 2.05) is 0 Å². The number of hydrogen-bond donors (Lipinski definition) is 1. The third-order valence-corrected chi connectivity index (χ3v) is 3.18. The zero-order chi connectivity index (χ0) is 10.7. The molecule has 0 heterocycles. The maximum absolute atomic E-state index is 8.76. The van der Waals surface area contributed by atoms with Crippen LogP contribution in [0.3, 0.4) is 0 Å². The quantitative estimate of drug-likeness (QED) is 0.743. The maximum Gasteiger partial charge on any atom is 0.0431 e. The molecular weight excluding hydrogens is 184 g/mol. The normalized spacial score (nSPS) is 18.1. The van der Waals surface area contributed by atoms with Crippen LogP contribution >= 0.6 is 0 Å². The summed E-state index contributed by atoms with van der Waals surface area (Å²) in [5.41, 5.74) is 4.24. The lowest BCUT2D eigenvalue weighted by Gasteiger charge is -2.11. The topological polar surface area (TPSA) is 20.2 Å². The molecule has 1 aliphatic carbocycles. The number of fused-ring (bicyclic) bond motifs is 1. The molecule has 2 rings (SSSR count). The molecule has 15 heavy (non-hydrogen) atoms. The number of allylic oxidation sites excluding steroid dienone is 1. The van der Waals surface area contributed by atoms with Gasteiger partial charge in [-0.2, -0.15) is 0 Å². The summed E-state index contributed by atoms with van der Waals surface area (Å²) in [5, 5.41) is 8.76. The first kappa shape index (κ1) is 10.4. The van der Waals surface area contributed by atoms with Gasteiger partial charge >= 0.3 is 0 Å². The summed E-state index contributed by atoms with van der Waals surface area (Å²) in [6, 6.07) is 6.53. The second-order valence-electron chi connectivity index (χ2n) is 4.26. The molecule has 1 unspecified atom stereocenters. The molecule has 1 aliphatic rings. The van der Waals surface area contributed by atoms with E-state index in [0.29, 0.717) is 12.5 Å². The van der Waals surface area contributed by atoms with E-state index in [1.165, 1.54) is 16.7 Å². The number of aliphatic hydroxyl groups is 1. The van der Waals surface area contributed by atoms with Gasteiger partial charge in [0.1, 0.15) is 0 Å². The zero-order valence-corrected chi connectivity index (χ0v) is 9.24. The summed E-state index contributed by atoms with van der Waals surface area (Å²) in [4.78, 5) is 0. The summed E-state index contributed by atoms with van der Waals surface area (Å²) in [7, 11) is 0. The van der Waals surface area contributed by atoms with E-state index in [1.54, 1.807) is 0 Å². The minimum atomic E-state index is 0.317. The fourth-order valence-electron chi connectivity index (χ4n) is 2.30. The molecule has 0 aliphatic heterocycles. The third kappa shape index (κ3) is 2.13. The summed E-state index contributed by atoms with van der Waals surface area (Å²) in [6.45, 7) is 2.48. The molecule has 0 fully saturated rings. The molecule has 0 amide bonds. The smallest absolute Gasteiger partial charge is 0.0431 e. The Morgan fingerprint density at radius 1 is 1.27 bits per heavy atom. The molecule has 1 aromatic carbocycles. The molecule has 0 saturated carbocycles. The molecule has 80 valence electrons. The molecule has 0 saturated heterocycles. The second kappa shape index (κ2) is 4.63. The molecule has 1 N–H and O–H groups in total. The highest BCUT2D eigenvalue weighted by Gasteiger charge is 2.17. The minimum absolute atomic E-state index is 0.317. The van der Waals surface area contributed by atoms with Crippen molar-refractivity contribution in [1.82, 2.24) is 0 Å². The first-order chi connectivity index (χ1) is 7.33. The van der Waals surface area contributed by atoms with Crippen molar-refractivity contribution in [3.63, 3.8) is 0 Å². The Hall–Kier alpha value is -1.08. The van der Waals surface area contributed by atoms with Crippen LogP contribution in [-0.4, -0.2) is 11.7 Å². The van der Waals surface area contributed by atoms with Crippen LogP contribution < -0.4 is 0 Å². The van der Waals surface area contributed by atoms with Crippen LogP contribution in [-0.2, 0) is 0 Å². The van der Waals surface area contributed by atoms with E-state index >= 15 is 0 Å². The summed E-state index contributed by atoms with van der Waals surface area (Å²) in [5.74, 6) is 0.575. The molecule has 1 nitrogen and oxygen atoms in total. The van der Waals surface area contributed by atoms with Gasteiger partial charge < -0.3 is 5.11 Å². The van der Waals surface area contributed by atoms with E-state index < -0.39 is 0 Å². The van der Waals surface area contributed by atoms with E-state index in [0.717, 1.165) is 19.3 Å². The number of aliphatic hydroxyl groups excluding tert-OH is 1. The van der Waals surface area contributed by atoms with Crippen LogP contribution in [0, 0.1) is 6.92 Å². The van der Waals surface area contributed by atoms with Gasteiger partial charge in [0.2, 0.25) is 0 Å². The van der Waals surface area contributed by atoms with Crippen LogP contribution in [0.15, 0.2) is 24.3 Å². The van der Waals surface area contributed by atoms with Gasteiger partial charge in [0.15, 0.2) is 0 Å². The van der Waals surface area contributed by atoms with Crippen molar-refractivity contribution in [2.45, 2.75) is 32.1 Å². The molecule has 1 aromatic rings. The number of unbranched alkanes of at least 4 members (excludes halogenated alkanes) is 1. The van der Waals surface area contributed by atoms with Crippen molar-refractivity contribution in [3.8, 4) is 0 Å². The Bertz CT molecular complexity index is 366. The predicted octanol–water partition coefficient (Wildman–Crippen LogP) is 3.27. The van der Waals surface area contributed by atoms with Crippen molar-refractivity contribution in [2.24, 2.45) is 0 Å². The number of benzene rings is 1. The molecule has 0 radical (unpaired) electrons. The lowest BCUT2D eigenvalue weighted by Crippen LogP contribution is -1.95. The Labute approximate surface area is 91.4 Å². The second-order valence-corrected chi connectivity index (χ2v) is 4.26. The number of hydrogen-bond acceptors (Lipinski definition) is 1.